The summed E-state index contributed by atoms with van der Waals surface area (Å²) in [6.07, 6.45) is 6.98. The van der Waals surface area contributed by atoms with Gasteiger partial charge in [-0.3, -0.25) is 0 Å². The van der Waals surface area contributed by atoms with Crippen LogP contribution in [0.25, 0.3) is 0 Å². The fourth-order valence-corrected chi connectivity index (χ4v) is 4.33. The smallest absolute Gasteiger partial charge is 0.225 e. The number of benzene rings is 1. The highest BCUT2D eigenvalue weighted by molar-refractivity contribution is 6.55. The van der Waals surface area contributed by atoms with Crippen LogP contribution in [0.5, 0.6) is 0 Å². The number of halogens is 3. The molecular formula is C17H24Cl2FNOSi. The van der Waals surface area contributed by atoms with Crippen LogP contribution in [-0.4, -0.2) is 33.6 Å². The monoisotopic (exact) mass is 375 g/mol. The molecule has 0 bridgehead atoms. The Morgan fingerprint density at radius 1 is 1.35 bits per heavy atom. The Morgan fingerprint density at radius 2 is 1.96 bits per heavy atom. The second-order valence-electron chi connectivity index (χ2n) is 6.12. The van der Waals surface area contributed by atoms with Gasteiger partial charge in [0.2, 0.25) is 8.65 Å². The largest absolute Gasteiger partial charge is 0.543 e. The molecule has 1 aromatic rings. The van der Waals surface area contributed by atoms with Gasteiger partial charge >= 0.3 is 0 Å². The number of rotatable bonds is 8. The minimum absolute atomic E-state index is 0.299. The Labute approximate surface area is 149 Å². The second kappa shape index (κ2) is 8.61. The van der Waals surface area contributed by atoms with Gasteiger partial charge < -0.3 is 9.74 Å². The van der Waals surface area contributed by atoms with E-state index in [1.54, 1.807) is 12.1 Å². The first-order chi connectivity index (χ1) is 10.9. The van der Waals surface area contributed by atoms with Crippen LogP contribution in [0.1, 0.15) is 44.3 Å². The van der Waals surface area contributed by atoms with Crippen molar-refractivity contribution in [2.45, 2.75) is 50.4 Å². The molecule has 1 unspecified atom stereocenters. The molecule has 0 heterocycles. The minimum atomic E-state index is -1.17. The molecule has 2 nitrogen and oxygen atoms in total. The fourth-order valence-electron chi connectivity index (χ4n) is 2.92. The minimum Gasteiger partial charge on any atom is -0.543 e. The van der Waals surface area contributed by atoms with E-state index < -0.39 is 14.3 Å². The molecule has 0 saturated heterocycles. The molecule has 1 aliphatic rings. The Balaban J connectivity index is 2.06. The van der Waals surface area contributed by atoms with Gasteiger partial charge in [0.1, 0.15) is 11.8 Å². The van der Waals surface area contributed by atoms with Crippen molar-refractivity contribution in [3.63, 3.8) is 0 Å². The highest BCUT2D eigenvalue weighted by Gasteiger charge is 2.33. The normalized spacial score (nSPS) is 17.9. The van der Waals surface area contributed by atoms with Crippen molar-refractivity contribution in [3.8, 4) is 0 Å². The highest BCUT2D eigenvalue weighted by Crippen LogP contribution is 2.34. The maximum atomic E-state index is 14.5. The molecule has 128 valence electrons. The van der Waals surface area contributed by atoms with E-state index in [2.05, 4.69) is 18.4 Å². The van der Waals surface area contributed by atoms with Crippen molar-refractivity contribution in [1.29, 1.82) is 0 Å². The summed E-state index contributed by atoms with van der Waals surface area (Å²) in [6, 6.07) is 6.29. The topological polar surface area (TPSA) is 21.3 Å². The molecule has 0 aliphatic heterocycles. The maximum absolute atomic E-state index is 14.5. The van der Waals surface area contributed by atoms with E-state index in [-0.39, 0.29) is 6.10 Å². The summed E-state index contributed by atoms with van der Waals surface area (Å²) in [7, 11) is -1.17. The molecule has 1 aromatic carbocycles. The van der Waals surface area contributed by atoms with Gasteiger partial charge in [0.05, 0.1) is 0 Å². The van der Waals surface area contributed by atoms with Crippen LogP contribution in [0.2, 0.25) is 16.1 Å². The van der Waals surface area contributed by atoms with Gasteiger partial charge in [-0.15, -0.1) is 0 Å². The molecule has 0 amide bonds. The van der Waals surface area contributed by atoms with Crippen molar-refractivity contribution in [1.82, 2.24) is 5.32 Å². The van der Waals surface area contributed by atoms with E-state index in [0.717, 1.165) is 24.4 Å². The summed E-state index contributed by atoms with van der Waals surface area (Å²) < 4.78 is 20.6. The zero-order valence-electron chi connectivity index (χ0n) is 13.5. The first kappa shape index (κ1) is 18.9. The number of hydrogen-bond acceptors (Lipinski definition) is 2. The molecule has 0 radical (unpaired) electrons. The van der Waals surface area contributed by atoms with Crippen LogP contribution in [-0.2, 0) is 4.43 Å². The SMILES string of the molecule is C=[Si](CC)OC(CNCC1(F)CCCC1)c1c(Cl)cccc1Cl. The van der Waals surface area contributed by atoms with Gasteiger partial charge in [0.25, 0.3) is 0 Å². The van der Waals surface area contributed by atoms with Crippen molar-refractivity contribution in [3.05, 3.63) is 33.8 Å². The van der Waals surface area contributed by atoms with Crippen LogP contribution in [0.4, 0.5) is 4.39 Å². The van der Waals surface area contributed by atoms with E-state index in [9.17, 15) is 4.39 Å². The Bertz CT molecular complexity index is 529. The lowest BCUT2D eigenvalue weighted by molar-refractivity contribution is 0.152. The molecular weight excluding hydrogens is 352 g/mol. The average molecular weight is 376 g/mol. The average Bonchev–Trinajstić information content (AvgIpc) is 2.93. The molecule has 0 spiro atoms. The van der Waals surface area contributed by atoms with E-state index in [4.69, 9.17) is 27.6 Å². The molecule has 0 aromatic heterocycles. The van der Waals surface area contributed by atoms with E-state index in [1.807, 2.05) is 6.07 Å². The third kappa shape index (κ3) is 5.28. The lowest BCUT2D eigenvalue weighted by Gasteiger charge is -2.26. The Hall–Kier alpha value is -0.423. The number of nitrogens with one attached hydrogen (secondary N) is 1. The van der Waals surface area contributed by atoms with Gasteiger partial charge in [0, 0.05) is 28.7 Å². The summed E-state index contributed by atoms with van der Waals surface area (Å²) in [4.78, 5) is 0. The first-order valence-electron chi connectivity index (χ1n) is 8.13. The molecule has 1 fully saturated rings. The predicted octanol–water partition coefficient (Wildman–Crippen LogP) is 4.95. The maximum Gasteiger partial charge on any atom is 0.225 e. The van der Waals surface area contributed by atoms with Crippen molar-refractivity contribution < 1.29 is 8.82 Å². The standard InChI is InChI=1S/C17H24Cl2FNOSi/c1-3-23(2)22-15(16-13(18)7-6-8-14(16)19)11-21-12-17(20)9-4-5-10-17/h6-8,15,21H,2-5,9-12H2,1H3. The molecule has 1 atom stereocenters. The zero-order valence-corrected chi connectivity index (χ0v) is 16.0. The zero-order chi connectivity index (χ0) is 16.9. The molecule has 2 rings (SSSR count). The van der Waals surface area contributed by atoms with E-state index in [0.29, 0.717) is 36.0 Å². The number of hydrogen-bond donors (Lipinski definition) is 1. The molecule has 23 heavy (non-hydrogen) atoms. The van der Waals surface area contributed by atoms with E-state index in [1.165, 1.54) is 0 Å². The van der Waals surface area contributed by atoms with Gasteiger partial charge in [-0.25, -0.2) is 4.39 Å². The van der Waals surface area contributed by atoms with Crippen molar-refractivity contribution >= 4 is 38.0 Å². The summed E-state index contributed by atoms with van der Waals surface area (Å²) >= 11 is 12.6. The fraction of sp³-hybridized carbons (Fsp3) is 0.588. The third-order valence-electron chi connectivity index (χ3n) is 4.30. The van der Waals surface area contributed by atoms with Crippen LogP contribution < -0.4 is 5.32 Å². The highest BCUT2D eigenvalue weighted by atomic mass is 35.5. The third-order valence-corrected chi connectivity index (χ3v) is 6.36. The predicted molar refractivity (Wildman–Crippen MR) is 98.8 cm³/mol. The summed E-state index contributed by atoms with van der Waals surface area (Å²) in [5, 5.41) is 4.37. The van der Waals surface area contributed by atoms with E-state index >= 15 is 0 Å². The van der Waals surface area contributed by atoms with Crippen LogP contribution >= 0.6 is 23.2 Å². The summed E-state index contributed by atoms with van der Waals surface area (Å²) in [5.74, 6) is 0. The van der Waals surface area contributed by atoms with Crippen LogP contribution in [0.3, 0.4) is 0 Å². The van der Waals surface area contributed by atoms with Gasteiger partial charge in [-0.05, 0) is 31.0 Å². The molecule has 1 aliphatic carbocycles. The summed E-state index contributed by atoms with van der Waals surface area (Å²) in [6.45, 7) is 2.88. The van der Waals surface area contributed by atoms with Gasteiger partial charge in [-0.2, -0.15) is 0 Å². The molecule has 6 heteroatoms. The lowest BCUT2D eigenvalue weighted by atomic mass is 10.0. The molecule has 1 N–H and O–H groups in total. The lowest BCUT2D eigenvalue weighted by Crippen LogP contribution is -2.37. The van der Waals surface area contributed by atoms with Crippen molar-refractivity contribution in [2.24, 2.45) is 0 Å². The Kier molecular flexibility index (Phi) is 7.08. The van der Waals surface area contributed by atoms with Crippen LogP contribution in [0.15, 0.2) is 18.2 Å². The summed E-state index contributed by atoms with van der Waals surface area (Å²) in [5.41, 5.74) is -0.320. The quantitative estimate of drug-likeness (QED) is 0.649. The first-order valence-corrected chi connectivity index (χ1v) is 10.7. The van der Waals surface area contributed by atoms with Crippen LogP contribution in [0, 0.1) is 0 Å². The Morgan fingerprint density at radius 3 is 2.52 bits per heavy atom. The van der Waals surface area contributed by atoms with Gasteiger partial charge in [0.15, 0.2) is 0 Å². The molecule has 1 saturated carbocycles. The van der Waals surface area contributed by atoms with Crippen molar-refractivity contribution in [2.75, 3.05) is 13.1 Å². The second-order valence-corrected chi connectivity index (χ2v) is 8.96. The van der Waals surface area contributed by atoms with Gasteiger partial charge in [-0.1, -0.05) is 55.2 Å². The number of alkyl halides is 1.